The second kappa shape index (κ2) is 10.4. The number of hydrazine groups is 1. The normalized spacial score (nSPS) is 12.4. The summed E-state index contributed by atoms with van der Waals surface area (Å²) in [5.41, 5.74) is 10.2. The molecule has 1 aliphatic rings. The fraction of sp³-hybridized carbons (Fsp3) is 0.143. The number of amides is 2. The summed E-state index contributed by atoms with van der Waals surface area (Å²) in [6.45, 7) is 1.56. The van der Waals surface area contributed by atoms with Crippen molar-refractivity contribution in [1.82, 2.24) is 20.6 Å². The van der Waals surface area contributed by atoms with Crippen molar-refractivity contribution in [3.05, 3.63) is 113 Å². The van der Waals surface area contributed by atoms with Crippen LogP contribution in [0.3, 0.4) is 0 Å². The number of fused-ring (bicyclic) bond motifs is 1. The second-order valence-corrected chi connectivity index (χ2v) is 8.58. The van der Waals surface area contributed by atoms with E-state index < -0.39 is 17.8 Å². The van der Waals surface area contributed by atoms with E-state index in [0.717, 1.165) is 36.6 Å². The number of methoxy groups -OCH3 is 1. The molecule has 3 aromatic carbocycles. The van der Waals surface area contributed by atoms with Gasteiger partial charge in [-0.25, -0.2) is 9.48 Å². The summed E-state index contributed by atoms with van der Waals surface area (Å²) in [4.78, 5) is 38.6. The summed E-state index contributed by atoms with van der Waals surface area (Å²) in [5.74, 6) is -1.42. The van der Waals surface area contributed by atoms with Crippen molar-refractivity contribution in [3.63, 3.8) is 0 Å². The molecule has 9 heteroatoms. The fourth-order valence-electron chi connectivity index (χ4n) is 4.20. The molecule has 186 valence electrons. The van der Waals surface area contributed by atoms with E-state index in [1.54, 1.807) is 12.1 Å². The average Bonchev–Trinajstić information content (AvgIpc) is 3.39. The standard InChI is InChI=1S/C28H25N5O4/c1-37-28(36)21-9-7-19(8-10-21)26(34)29-30-27(35)20-11-13-23(14-12-20)32-16-15-25-22(17-32)18-33(31-25)24-5-3-2-4-6-24/h2-14,18H,15-17H2,1H3,(H,29,34)(H,30,35). The number of benzene rings is 3. The maximum absolute atomic E-state index is 12.5. The summed E-state index contributed by atoms with van der Waals surface area (Å²) in [5, 5.41) is 4.74. The highest BCUT2D eigenvalue weighted by Crippen LogP contribution is 2.25. The van der Waals surface area contributed by atoms with Crippen molar-refractivity contribution in [3.8, 4) is 5.69 Å². The molecule has 2 heterocycles. The lowest BCUT2D eigenvalue weighted by Gasteiger charge is -2.28. The highest BCUT2D eigenvalue weighted by atomic mass is 16.5. The highest BCUT2D eigenvalue weighted by molar-refractivity contribution is 5.99. The molecule has 0 saturated heterocycles. The Morgan fingerprint density at radius 1 is 0.784 bits per heavy atom. The first-order valence-corrected chi connectivity index (χ1v) is 11.8. The van der Waals surface area contributed by atoms with Gasteiger partial charge < -0.3 is 9.64 Å². The monoisotopic (exact) mass is 495 g/mol. The molecule has 2 amide bonds. The van der Waals surface area contributed by atoms with Crippen LogP contribution in [0.15, 0.2) is 85.1 Å². The first kappa shape index (κ1) is 23.8. The molecular weight excluding hydrogens is 470 g/mol. The molecule has 0 bridgehead atoms. The summed E-state index contributed by atoms with van der Waals surface area (Å²) >= 11 is 0. The number of esters is 1. The molecule has 1 aromatic heterocycles. The zero-order valence-corrected chi connectivity index (χ0v) is 20.2. The van der Waals surface area contributed by atoms with E-state index in [9.17, 15) is 14.4 Å². The van der Waals surface area contributed by atoms with Crippen molar-refractivity contribution in [1.29, 1.82) is 0 Å². The smallest absolute Gasteiger partial charge is 0.337 e. The predicted octanol–water partition coefficient (Wildman–Crippen LogP) is 3.30. The van der Waals surface area contributed by atoms with E-state index in [4.69, 9.17) is 5.10 Å². The number of nitrogens with zero attached hydrogens (tertiary/aromatic N) is 3. The molecule has 0 spiro atoms. The van der Waals surface area contributed by atoms with E-state index in [1.165, 1.54) is 36.9 Å². The molecule has 2 N–H and O–H groups in total. The van der Waals surface area contributed by atoms with E-state index in [2.05, 4.69) is 26.7 Å². The van der Waals surface area contributed by atoms with Crippen molar-refractivity contribution in [2.75, 3.05) is 18.6 Å². The Morgan fingerprint density at radius 2 is 1.38 bits per heavy atom. The molecule has 0 radical (unpaired) electrons. The topological polar surface area (TPSA) is 106 Å². The van der Waals surface area contributed by atoms with E-state index in [0.29, 0.717) is 16.7 Å². The van der Waals surface area contributed by atoms with Gasteiger partial charge in [-0.2, -0.15) is 5.10 Å². The van der Waals surface area contributed by atoms with Crippen LogP contribution in [-0.2, 0) is 17.7 Å². The van der Waals surface area contributed by atoms with E-state index in [1.807, 2.05) is 47.1 Å². The van der Waals surface area contributed by atoms with Gasteiger partial charge in [0.25, 0.3) is 11.8 Å². The molecule has 9 nitrogen and oxygen atoms in total. The number of nitrogens with one attached hydrogen (secondary N) is 2. The molecule has 0 atom stereocenters. The Bertz CT molecular complexity index is 1430. The summed E-state index contributed by atoms with van der Waals surface area (Å²) < 4.78 is 6.56. The number of aromatic nitrogens is 2. The number of hydrogen-bond acceptors (Lipinski definition) is 6. The lowest BCUT2D eigenvalue weighted by Crippen LogP contribution is -2.41. The third-order valence-corrected chi connectivity index (χ3v) is 6.23. The van der Waals surface area contributed by atoms with Gasteiger partial charge in [-0.15, -0.1) is 0 Å². The van der Waals surface area contributed by atoms with Gasteiger partial charge in [-0.05, 0) is 60.7 Å². The van der Waals surface area contributed by atoms with Crippen molar-refractivity contribution < 1.29 is 19.1 Å². The maximum Gasteiger partial charge on any atom is 0.337 e. The van der Waals surface area contributed by atoms with E-state index in [-0.39, 0.29) is 0 Å². The number of hydrogen-bond donors (Lipinski definition) is 2. The van der Waals surface area contributed by atoms with Crippen molar-refractivity contribution in [2.45, 2.75) is 13.0 Å². The van der Waals surface area contributed by atoms with Crippen LogP contribution in [0.25, 0.3) is 5.69 Å². The third-order valence-electron chi connectivity index (χ3n) is 6.23. The van der Waals surface area contributed by atoms with Crippen LogP contribution in [0.1, 0.15) is 42.3 Å². The van der Waals surface area contributed by atoms with Crippen LogP contribution in [0.5, 0.6) is 0 Å². The molecule has 4 aromatic rings. The molecule has 0 unspecified atom stereocenters. The number of rotatable bonds is 5. The Morgan fingerprint density at radius 3 is 2.00 bits per heavy atom. The zero-order valence-electron chi connectivity index (χ0n) is 20.2. The number of anilines is 1. The Kier molecular flexibility index (Phi) is 6.67. The van der Waals surface area contributed by atoms with Crippen LogP contribution < -0.4 is 15.8 Å². The summed E-state index contributed by atoms with van der Waals surface area (Å²) in [7, 11) is 1.29. The second-order valence-electron chi connectivity index (χ2n) is 8.58. The van der Waals surface area contributed by atoms with Gasteiger partial charge >= 0.3 is 5.97 Å². The Balaban J connectivity index is 1.18. The fourth-order valence-corrected chi connectivity index (χ4v) is 4.20. The molecule has 5 rings (SSSR count). The van der Waals surface area contributed by atoms with Gasteiger partial charge in [0.05, 0.1) is 24.1 Å². The molecular formula is C28H25N5O4. The summed E-state index contributed by atoms with van der Waals surface area (Å²) in [6, 6.07) is 23.2. The maximum atomic E-state index is 12.5. The number of carbonyl (C=O) groups is 3. The molecule has 0 aliphatic carbocycles. The molecule has 37 heavy (non-hydrogen) atoms. The minimum absolute atomic E-state index is 0.295. The van der Waals surface area contributed by atoms with Crippen LogP contribution in [0.2, 0.25) is 0 Å². The third kappa shape index (κ3) is 5.20. The Labute approximate surface area is 213 Å². The van der Waals surface area contributed by atoms with Crippen molar-refractivity contribution >= 4 is 23.5 Å². The molecule has 0 fully saturated rings. The predicted molar refractivity (Wildman–Crippen MR) is 137 cm³/mol. The van der Waals surface area contributed by atoms with Crippen LogP contribution in [-0.4, -0.2) is 41.2 Å². The number of carbonyl (C=O) groups excluding carboxylic acids is 3. The van der Waals surface area contributed by atoms with Gasteiger partial charge in [0.15, 0.2) is 0 Å². The number of ether oxygens (including phenoxy) is 1. The highest BCUT2D eigenvalue weighted by Gasteiger charge is 2.21. The van der Waals surface area contributed by atoms with Crippen LogP contribution in [0, 0.1) is 0 Å². The summed E-state index contributed by atoms with van der Waals surface area (Å²) in [6.07, 6.45) is 2.91. The Hall–Kier alpha value is -4.92. The first-order chi connectivity index (χ1) is 18.0. The zero-order chi connectivity index (χ0) is 25.8. The average molecular weight is 496 g/mol. The molecule has 1 aliphatic heterocycles. The SMILES string of the molecule is COC(=O)c1ccc(C(=O)NNC(=O)c2ccc(N3CCc4nn(-c5ccccc5)cc4C3)cc2)cc1. The quantitative estimate of drug-likeness (QED) is 0.325. The van der Waals surface area contributed by atoms with Gasteiger partial charge in [-0.1, -0.05) is 18.2 Å². The van der Waals surface area contributed by atoms with Crippen LogP contribution in [0.4, 0.5) is 5.69 Å². The van der Waals surface area contributed by atoms with Gasteiger partial charge in [0, 0.05) is 48.1 Å². The van der Waals surface area contributed by atoms with E-state index >= 15 is 0 Å². The lowest BCUT2D eigenvalue weighted by atomic mass is 10.1. The molecule has 0 saturated carbocycles. The van der Waals surface area contributed by atoms with Gasteiger partial charge in [0.2, 0.25) is 0 Å². The van der Waals surface area contributed by atoms with Crippen molar-refractivity contribution in [2.24, 2.45) is 0 Å². The number of para-hydroxylation sites is 1. The van der Waals surface area contributed by atoms with Gasteiger partial charge in [-0.3, -0.25) is 20.4 Å². The van der Waals surface area contributed by atoms with Crippen LogP contribution >= 0.6 is 0 Å². The largest absolute Gasteiger partial charge is 0.465 e. The van der Waals surface area contributed by atoms with Gasteiger partial charge in [0.1, 0.15) is 0 Å². The minimum Gasteiger partial charge on any atom is -0.465 e. The minimum atomic E-state index is -0.499. The first-order valence-electron chi connectivity index (χ1n) is 11.8. The lowest BCUT2D eigenvalue weighted by molar-refractivity contribution is 0.0600.